The van der Waals surface area contributed by atoms with Gasteiger partial charge in [-0.3, -0.25) is 4.98 Å². The van der Waals surface area contributed by atoms with Crippen molar-refractivity contribution in [2.24, 2.45) is 0 Å². The first-order chi connectivity index (χ1) is 8.38. The molecule has 17 heavy (non-hydrogen) atoms. The molecular formula is C10H10N6O. The summed E-state index contributed by atoms with van der Waals surface area (Å²) in [6.45, 7) is 0.570. The Hall–Kier alpha value is -2.28. The lowest BCUT2D eigenvalue weighted by atomic mass is 10.3. The third kappa shape index (κ3) is 1.66. The number of fused-ring (bicyclic) bond motifs is 1. The Morgan fingerprint density at radius 2 is 2.35 bits per heavy atom. The van der Waals surface area contributed by atoms with Crippen LogP contribution in [0, 0.1) is 0 Å². The average Bonchev–Trinajstić information content (AvgIpc) is 2.95. The van der Waals surface area contributed by atoms with Gasteiger partial charge >= 0.3 is 0 Å². The number of rotatable bonds is 3. The van der Waals surface area contributed by atoms with Crippen LogP contribution in [0.15, 0.2) is 29.3 Å². The van der Waals surface area contributed by atoms with Gasteiger partial charge < -0.3 is 9.84 Å². The minimum atomic E-state index is 0.457. The van der Waals surface area contributed by atoms with Crippen molar-refractivity contribution in [1.82, 2.24) is 30.1 Å². The Morgan fingerprint density at radius 1 is 1.41 bits per heavy atom. The number of nitrogens with zero attached hydrogens (tertiary/aromatic N) is 5. The maximum Gasteiger partial charge on any atom is 0.261 e. The monoisotopic (exact) mass is 230 g/mol. The van der Waals surface area contributed by atoms with Gasteiger partial charge in [0.15, 0.2) is 5.82 Å². The van der Waals surface area contributed by atoms with E-state index in [4.69, 9.17) is 4.52 Å². The fraction of sp³-hybridized carbons (Fsp3) is 0.200. The lowest BCUT2D eigenvalue weighted by Crippen LogP contribution is -2.06. The molecular weight excluding hydrogens is 220 g/mol. The molecule has 3 rings (SSSR count). The molecule has 3 heterocycles. The van der Waals surface area contributed by atoms with Gasteiger partial charge in [0.05, 0.1) is 30.0 Å². The Bertz CT molecular complexity index is 643. The first kappa shape index (κ1) is 9.91. The van der Waals surface area contributed by atoms with Gasteiger partial charge in [0.2, 0.25) is 0 Å². The average molecular weight is 230 g/mol. The van der Waals surface area contributed by atoms with Gasteiger partial charge in [0.1, 0.15) is 0 Å². The molecule has 0 radical (unpaired) electrons. The summed E-state index contributed by atoms with van der Waals surface area (Å²) < 4.78 is 6.90. The Kier molecular flexibility index (Phi) is 2.30. The zero-order valence-electron chi connectivity index (χ0n) is 9.16. The Morgan fingerprint density at radius 3 is 3.24 bits per heavy atom. The highest BCUT2D eigenvalue weighted by atomic mass is 16.5. The van der Waals surface area contributed by atoms with Crippen LogP contribution in [0.1, 0.15) is 5.82 Å². The third-order valence-corrected chi connectivity index (χ3v) is 2.36. The third-order valence-electron chi connectivity index (χ3n) is 2.36. The number of hydrogen-bond acceptors (Lipinski definition) is 6. The highest BCUT2D eigenvalue weighted by Gasteiger charge is 2.13. The van der Waals surface area contributed by atoms with Crippen molar-refractivity contribution in [1.29, 1.82) is 0 Å². The zero-order valence-corrected chi connectivity index (χ0v) is 9.16. The lowest BCUT2D eigenvalue weighted by Gasteiger charge is -1.91. The van der Waals surface area contributed by atoms with Crippen molar-refractivity contribution in [2.75, 3.05) is 7.05 Å². The van der Waals surface area contributed by atoms with Crippen molar-refractivity contribution < 1.29 is 4.52 Å². The van der Waals surface area contributed by atoms with E-state index in [2.05, 4.69) is 25.5 Å². The van der Waals surface area contributed by atoms with E-state index >= 15 is 0 Å². The predicted molar refractivity (Wildman–Crippen MR) is 59.0 cm³/mol. The molecule has 0 fully saturated rings. The van der Waals surface area contributed by atoms with Gasteiger partial charge in [-0.15, -0.1) is 0 Å². The summed E-state index contributed by atoms with van der Waals surface area (Å²) >= 11 is 0. The SMILES string of the molecule is CNCc1noc(-c2cnn3ccncc23)n1. The van der Waals surface area contributed by atoms with E-state index in [-0.39, 0.29) is 0 Å². The van der Waals surface area contributed by atoms with E-state index in [0.29, 0.717) is 18.3 Å². The normalized spacial score (nSPS) is 11.1. The largest absolute Gasteiger partial charge is 0.334 e. The van der Waals surface area contributed by atoms with Crippen LogP contribution in [-0.2, 0) is 6.54 Å². The van der Waals surface area contributed by atoms with Crippen LogP contribution in [0.3, 0.4) is 0 Å². The molecule has 3 aromatic rings. The van der Waals surface area contributed by atoms with Crippen molar-refractivity contribution in [3.63, 3.8) is 0 Å². The molecule has 0 atom stereocenters. The van der Waals surface area contributed by atoms with Gasteiger partial charge in [-0.1, -0.05) is 5.16 Å². The van der Waals surface area contributed by atoms with E-state index in [1.165, 1.54) is 0 Å². The summed E-state index contributed by atoms with van der Waals surface area (Å²) in [5, 5.41) is 11.0. The molecule has 0 amide bonds. The molecule has 3 aromatic heterocycles. The second-order valence-corrected chi connectivity index (χ2v) is 3.51. The molecule has 0 bridgehead atoms. The van der Waals surface area contributed by atoms with E-state index in [0.717, 1.165) is 11.1 Å². The highest BCUT2D eigenvalue weighted by Crippen LogP contribution is 2.21. The minimum Gasteiger partial charge on any atom is -0.334 e. The highest BCUT2D eigenvalue weighted by molar-refractivity contribution is 5.73. The molecule has 0 saturated heterocycles. The molecule has 7 nitrogen and oxygen atoms in total. The lowest BCUT2D eigenvalue weighted by molar-refractivity contribution is 0.421. The molecule has 0 aromatic carbocycles. The van der Waals surface area contributed by atoms with Crippen LogP contribution in [0.2, 0.25) is 0 Å². The summed E-state index contributed by atoms with van der Waals surface area (Å²) in [4.78, 5) is 8.32. The van der Waals surface area contributed by atoms with Crippen LogP contribution < -0.4 is 5.32 Å². The Balaban J connectivity index is 2.07. The zero-order chi connectivity index (χ0) is 11.7. The number of nitrogens with one attached hydrogen (secondary N) is 1. The maximum absolute atomic E-state index is 5.19. The number of hydrogen-bond donors (Lipinski definition) is 1. The first-order valence-electron chi connectivity index (χ1n) is 5.13. The maximum atomic E-state index is 5.19. The van der Waals surface area contributed by atoms with Gasteiger partial charge in [0.25, 0.3) is 5.89 Å². The van der Waals surface area contributed by atoms with Crippen LogP contribution >= 0.6 is 0 Å². The fourth-order valence-corrected chi connectivity index (χ4v) is 1.59. The van der Waals surface area contributed by atoms with E-state index < -0.39 is 0 Å². The molecule has 0 aliphatic heterocycles. The first-order valence-corrected chi connectivity index (χ1v) is 5.13. The van der Waals surface area contributed by atoms with Crippen LogP contribution in [0.25, 0.3) is 17.0 Å². The van der Waals surface area contributed by atoms with Crippen molar-refractivity contribution in [3.8, 4) is 11.5 Å². The van der Waals surface area contributed by atoms with Gasteiger partial charge in [-0.05, 0) is 7.05 Å². The second-order valence-electron chi connectivity index (χ2n) is 3.51. The summed E-state index contributed by atoms with van der Waals surface area (Å²) in [5.74, 6) is 1.07. The van der Waals surface area contributed by atoms with Gasteiger partial charge in [-0.2, -0.15) is 10.1 Å². The molecule has 7 heteroatoms. The van der Waals surface area contributed by atoms with E-state index in [1.54, 1.807) is 29.3 Å². The molecule has 0 spiro atoms. The van der Waals surface area contributed by atoms with E-state index in [9.17, 15) is 0 Å². The quantitative estimate of drug-likeness (QED) is 0.705. The number of aromatic nitrogens is 5. The Labute approximate surface area is 96.5 Å². The minimum absolute atomic E-state index is 0.457. The standard InChI is InChI=1S/C10H10N6O/c1-11-6-9-14-10(17-15-9)7-4-13-16-3-2-12-5-8(7)16/h2-5,11H,6H2,1H3. The summed E-state index contributed by atoms with van der Waals surface area (Å²) in [5.41, 5.74) is 1.63. The van der Waals surface area contributed by atoms with Crippen LogP contribution in [0.5, 0.6) is 0 Å². The molecule has 0 aliphatic rings. The van der Waals surface area contributed by atoms with E-state index in [1.807, 2.05) is 7.05 Å². The van der Waals surface area contributed by atoms with Gasteiger partial charge in [-0.25, -0.2) is 4.52 Å². The predicted octanol–water partition coefficient (Wildman–Crippen LogP) is 0.499. The smallest absolute Gasteiger partial charge is 0.261 e. The molecule has 0 saturated carbocycles. The molecule has 0 unspecified atom stereocenters. The topological polar surface area (TPSA) is 81.1 Å². The summed E-state index contributed by atoms with van der Waals surface area (Å²) in [6.07, 6.45) is 6.84. The second kappa shape index (κ2) is 3.95. The van der Waals surface area contributed by atoms with Crippen LogP contribution in [-0.4, -0.2) is 31.8 Å². The summed E-state index contributed by atoms with van der Waals surface area (Å²) in [7, 11) is 1.83. The van der Waals surface area contributed by atoms with Crippen molar-refractivity contribution >= 4 is 5.52 Å². The van der Waals surface area contributed by atoms with Crippen molar-refractivity contribution in [3.05, 3.63) is 30.6 Å². The molecule has 86 valence electrons. The molecule has 0 aliphatic carbocycles. The van der Waals surface area contributed by atoms with Gasteiger partial charge in [0, 0.05) is 12.4 Å². The molecule has 1 N–H and O–H groups in total. The summed E-state index contributed by atoms with van der Waals surface area (Å²) in [6, 6.07) is 0. The van der Waals surface area contributed by atoms with Crippen LogP contribution in [0.4, 0.5) is 0 Å². The fourth-order valence-electron chi connectivity index (χ4n) is 1.59. The van der Waals surface area contributed by atoms with Crippen molar-refractivity contribution in [2.45, 2.75) is 6.54 Å².